The van der Waals surface area contributed by atoms with E-state index in [1.165, 1.54) is 11.3 Å². The van der Waals surface area contributed by atoms with Crippen molar-refractivity contribution in [1.29, 1.82) is 5.41 Å². The van der Waals surface area contributed by atoms with Gasteiger partial charge in [0.05, 0.1) is 23.9 Å². The van der Waals surface area contributed by atoms with Crippen LogP contribution in [0.2, 0.25) is 0 Å². The van der Waals surface area contributed by atoms with Gasteiger partial charge in [0.1, 0.15) is 16.6 Å². The van der Waals surface area contributed by atoms with Gasteiger partial charge in [0, 0.05) is 23.6 Å². The predicted molar refractivity (Wildman–Crippen MR) is 100 cm³/mol. The molecule has 2 aromatic rings. The van der Waals surface area contributed by atoms with Gasteiger partial charge in [-0.05, 0) is 19.8 Å². The fraction of sp³-hybridized carbons (Fsp3) is 0.368. The molecule has 130 valence electrons. The molecule has 2 aliphatic heterocycles. The molecule has 5 nitrogen and oxygen atoms in total. The van der Waals surface area contributed by atoms with E-state index in [1.54, 1.807) is 0 Å². The smallest absolute Gasteiger partial charge is 0.135 e. The highest BCUT2D eigenvalue weighted by Gasteiger charge is 2.33. The van der Waals surface area contributed by atoms with Crippen LogP contribution >= 0.6 is 11.3 Å². The average molecular weight is 355 g/mol. The third kappa shape index (κ3) is 3.07. The molecule has 2 N–H and O–H groups in total. The van der Waals surface area contributed by atoms with E-state index < -0.39 is 0 Å². The quantitative estimate of drug-likeness (QED) is 0.874. The van der Waals surface area contributed by atoms with Crippen LogP contribution in [0.25, 0.3) is 16.8 Å². The first-order valence-corrected chi connectivity index (χ1v) is 9.36. The summed E-state index contributed by atoms with van der Waals surface area (Å²) in [5.41, 5.74) is 2.54. The van der Waals surface area contributed by atoms with Crippen molar-refractivity contribution in [1.82, 2.24) is 9.88 Å². The van der Waals surface area contributed by atoms with E-state index in [9.17, 15) is 5.11 Å². The van der Waals surface area contributed by atoms with E-state index >= 15 is 0 Å². The summed E-state index contributed by atoms with van der Waals surface area (Å²) in [4.78, 5) is 7.71. The number of amidine groups is 1. The average Bonchev–Trinajstić information content (AvgIpc) is 3.30. The summed E-state index contributed by atoms with van der Waals surface area (Å²) in [5.74, 6) is 0.581. The molecule has 1 atom stereocenters. The molecular weight excluding hydrogens is 334 g/mol. The molecule has 1 aromatic heterocycles. The van der Waals surface area contributed by atoms with Crippen LogP contribution in [0.1, 0.15) is 22.7 Å². The molecule has 1 unspecified atom stereocenters. The molecule has 3 heterocycles. The van der Waals surface area contributed by atoms with Gasteiger partial charge in [-0.1, -0.05) is 30.3 Å². The van der Waals surface area contributed by atoms with Gasteiger partial charge in [-0.3, -0.25) is 5.41 Å². The lowest BCUT2D eigenvalue weighted by molar-refractivity contribution is 0.0924. The molecule has 0 amide bonds. The minimum Gasteiger partial charge on any atom is -0.510 e. The van der Waals surface area contributed by atoms with E-state index in [2.05, 4.69) is 0 Å². The highest BCUT2D eigenvalue weighted by molar-refractivity contribution is 7.13. The minimum absolute atomic E-state index is 0.158. The van der Waals surface area contributed by atoms with Gasteiger partial charge in [-0.25, -0.2) is 4.98 Å². The van der Waals surface area contributed by atoms with Crippen LogP contribution in [-0.4, -0.2) is 46.6 Å². The van der Waals surface area contributed by atoms with Gasteiger partial charge in [-0.2, -0.15) is 0 Å². The second kappa shape index (κ2) is 6.61. The summed E-state index contributed by atoms with van der Waals surface area (Å²) in [6, 6.07) is 10.0. The molecule has 6 heteroatoms. The second-order valence-corrected chi connectivity index (χ2v) is 7.68. The van der Waals surface area contributed by atoms with Crippen LogP contribution in [0.5, 0.6) is 0 Å². The van der Waals surface area contributed by atoms with Gasteiger partial charge in [0.25, 0.3) is 0 Å². The van der Waals surface area contributed by atoms with E-state index in [-0.39, 0.29) is 11.9 Å². The Balaban J connectivity index is 1.59. The van der Waals surface area contributed by atoms with Crippen LogP contribution in [0.4, 0.5) is 0 Å². The predicted octanol–water partition coefficient (Wildman–Crippen LogP) is 3.86. The molecule has 1 saturated heterocycles. The van der Waals surface area contributed by atoms with Crippen molar-refractivity contribution in [3.8, 4) is 11.3 Å². The van der Waals surface area contributed by atoms with Crippen LogP contribution in [0, 0.1) is 12.3 Å². The zero-order valence-corrected chi connectivity index (χ0v) is 15.0. The highest BCUT2D eigenvalue weighted by atomic mass is 32.1. The number of aromatic nitrogens is 1. The van der Waals surface area contributed by atoms with Gasteiger partial charge < -0.3 is 14.7 Å². The number of aliphatic hydroxyl groups is 1. The van der Waals surface area contributed by atoms with Gasteiger partial charge in [0.15, 0.2) is 0 Å². The molecule has 2 aliphatic rings. The van der Waals surface area contributed by atoms with E-state index in [0.29, 0.717) is 29.5 Å². The first-order valence-electron chi connectivity index (χ1n) is 8.54. The molecule has 0 bridgehead atoms. The Labute approximate surface area is 151 Å². The third-order valence-corrected chi connectivity index (χ3v) is 5.68. The van der Waals surface area contributed by atoms with Crippen LogP contribution in [0.15, 0.2) is 36.1 Å². The number of ether oxygens (including phenoxy) is 1. The molecule has 0 aliphatic carbocycles. The maximum atomic E-state index is 10.5. The van der Waals surface area contributed by atoms with Crippen molar-refractivity contribution >= 4 is 22.7 Å². The molecular formula is C19H21N3O2S. The fourth-order valence-electron chi connectivity index (χ4n) is 3.42. The SMILES string of the molecule is Cc1sc(C2=C(O)CN(CC3CCCO3)C2=N)nc1-c1ccccc1. The summed E-state index contributed by atoms with van der Waals surface area (Å²) in [5, 5.41) is 19.7. The standard InChI is InChI=1S/C19H21N3O2S/c1-12-17(13-6-3-2-4-7-13)21-19(25-12)16-15(23)11-22(18(16)20)10-14-8-5-9-24-14/h2-4,6-7,14,20,23H,5,8-11H2,1H3. The molecule has 0 radical (unpaired) electrons. The fourth-order valence-corrected chi connectivity index (χ4v) is 4.42. The van der Waals surface area contributed by atoms with Crippen molar-refractivity contribution in [2.24, 2.45) is 0 Å². The zero-order chi connectivity index (χ0) is 17.4. The van der Waals surface area contributed by atoms with Gasteiger partial charge >= 0.3 is 0 Å². The summed E-state index contributed by atoms with van der Waals surface area (Å²) in [7, 11) is 0. The van der Waals surface area contributed by atoms with Crippen LogP contribution in [-0.2, 0) is 4.74 Å². The number of hydrogen-bond acceptors (Lipinski definition) is 5. The third-order valence-electron chi connectivity index (χ3n) is 4.69. The second-order valence-electron chi connectivity index (χ2n) is 6.48. The topological polar surface area (TPSA) is 69.4 Å². The maximum Gasteiger partial charge on any atom is 0.135 e. The Hall–Kier alpha value is -2.18. The van der Waals surface area contributed by atoms with Crippen molar-refractivity contribution in [3.63, 3.8) is 0 Å². The number of aliphatic hydroxyl groups excluding tert-OH is 1. The number of nitrogens with zero attached hydrogens (tertiary/aromatic N) is 2. The Morgan fingerprint density at radius 3 is 2.88 bits per heavy atom. The van der Waals surface area contributed by atoms with Crippen LogP contribution in [0.3, 0.4) is 0 Å². The molecule has 4 rings (SSSR count). The van der Waals surface area contributed by atoms with Crippen molar-refractivity contribution in [3.05, 3.63) is 46.0 Å². The van der Waals surface area contributed by atoms with Crippen molar-refractivity contribution < 1.29 is 9.84 Å². The zero-order valence-electron chi connectivity index (χ0n) is 14.2. The lowest BCUT2D eigenvalue weighted by Gasteiger charge is -2.21. The summed E-state index contributed by atoms with van der Waals surface area (Å²) < 4.78 is 5.67. The number of hydrogen-bond donors (Lipinski definition) is 2. The van der Waals surface area contributed by atoms with E-state index in [4.69, 9.17) is 15.1 Å². The molecule has 0 saturated carbocycles. The van der Waals surface area contributed by atoms with Gasteiger partial charge in [-0.15, -0.1) is 11.3 Å². The Kier molecular flexibility index (Phi) is 4.31. The largest absolute Gasteiger partial charge is 0.510 e. The first kappa shape index (κ1) is 16.3. The number of thiazole rings is 1. The first-order chi connectivity index (χ1) is 12.1. The van der Waals surface area contributed by atoms with E-state index in [0.717, 1.165) is 35.6 Å². The number of aryl methyl sites for hydroxylation is 1. The Morgan fingerprint density at radius 2 is 2.16 bits per heavy atom. The van der Waals surface area contributed by atoms with Gasteiger partial charge in [0.2, 0.25) is 0 Å². The molecule has 1 aromatic carbocycles. The Bertz CT molecular complexity index is 822. The molecule has 1 fully saturated rings. The Morgan fingerprint density at radius 1 is 1.36 bits per heavy atom. The maximum absolute atomic E-state index is 10.5. The van der Waals surface area contributed by atoms with E-state index in [1.807, 2.05) is 42.2 Å². The lowest BCUT2D eigenvalue weighted by atomic mass is 10.1. The van der Waals surface area contributed by atoms with Crippen molar-refractivity contribution in [2.45, 2.75) is 25.9 Å². The van der Waals surface area contributed by atoms with Crippen LogP contribution < -0.4 is 0 Å². The minimum atomic E-state index is 0.158. The summed E-state index contributed by atoms with van der Waals surface area (Å²) in [6.07, 6.45) is 2.25. The number of benzene rings is 1. The molecule has 25 heavy (non-hydrogen) atoms. The lowest BCUT2D eigenvalue weighted by Crippen LogP contribution is -2.34. The summed E-state index contributed by atoms with van der Waals surface area (Å²) in [6.45, 7) is 3.85. The number of nitrogens with one attached hydrogen (secondary N) is 1. The summed E-state index contributed by atoms with van der Waals surface area (Å²) >= 11 is 1.53. The number of rotatable bonds is 4. The molecule has 0 spiro atoms. The monoisotopic (exact) mass is 355 g/mol. The van der Waals surface area contributed by atoms with Crippen molar-refractivity contribution in [2.75, 3.05) is 19.7 Å². The normalized spacial score (nSPS) is 20.8. The highest BCUT2D eigenvalue weighted by Crippen LogP contribution is 2.35.